The third-order valence-corrected chi connectivity index (χ3v) is 11.7. The lowest BCUT2D eigenvalue weighted by Gasteiger charge is -2.65. The number of esters is 1. The van der Waals surface area contributed by atoms with Crippen LogP contribution in [0.1, 0.15) is 65.2 Å². The van der Waals surface area contributed by atoms with Crippen molar-refractivity contribution in [3.63, 3.8) is 0 Å². The smallest absolute Gasteiger partial charge is 0.331 e. The van der Waals surface area contributed by atoms with Crippen molar-refractivity contribution in [2.24, 2.45) is 34.5 Å². The molecule has 0 bridgehead atoms. The molecule has 0 radical (unpaired) electrons. The van der Waals surface area contributed by atoms with E-state index in [9.17, 15) is 19.8 Å². The van der Waals surface area contributed by atoms with Crippen molar-refractivity contribution in [1.82, 2.24) is 10.2 Å². The van der Waals surface area contributed by atoms with Gasteiger partial charge in [0.05, 0.1) is 24.9 Å². The quantitative estimate of drug-likeness (QED) is 0.501. The number of nitrogens with one attached hydrogen (secondary N) is 1. The van der Waals surface area contributed by atoms with Crippen LogP contribution < -0.4 is 5.32 Å². The normalized spacial score (nSPS) is 48.4. The van der Waals surface area contributed by atoms with Crippen LogP contribution >= 0.6 is 0 Å². The second-order valence-electron chi connectivity index (χ2n) is 12.9. The number of amides is 2. The van der Waals surface area contributed by atoms with Crippen molar-refractivity contribution in [3.05, 3.63) is 11.6 Å². The van der Waals surface area contributed by atoms with Crippen LogP contribution in [0.25, 0.3) is 0 Å². The van der Waals surface area contributed by atoms with Gasteiger partial charge in [0, 0.05) is 30.6 Å². The molecule has 2 heterocycles. The highest BCUT2D eigenvalue weighted by Gasteiger charge is 2.70. The van der Waals surface area contributed by atoms with Crippen molar-refractivity contribution in [2.45, 2.75) is 83.0 Å². The molecule has 4 saturated carbocycles. The predicted octanol–water partition coefficient (Wildman–Crippen LogP) is 2.62. The average Bonchev–Trinajstić information content (AvgIpc) is 3.41. The van der Waals surface area contributed by atoms with E-state index in [1.165, 1.54) is 0 Å². The maximum Gasteiger partial charge on any atom is 0.331 e. The Bertz CT molecular complexity index is 948. The fraction of sp³-hybridized carbons (Fsp3) is 0.857. The summed E-state index contributed by atoms with van der Waals surface area (Å²) in [4.78, 5) is 26.4. The molecule has 0 aromatic carbocycles. The lowest BCUT2D eigenvalue weighted by atomic mass is 9.42. The van der Waals surface area contributed by atoms with E-state index in [-0.39, 0.29) is 47.8 Å². The van der Waals surface area contributed by atoms with Crippen molar-refractivity contribution < 1.29 is 29.3 Å². The largest absolute Gasteiger partial charge is 0.458 e. The summed E-state index contributed by atoms with van der Waals surface area (Å²) >= 11 is 0. The van der Waals surface area contributed by atoms with Gasteiger partial charge in [-0.2, -0.15) is 0 Å². The van der Waals surface area contributed by atoms with Gasteiger partial charge in [-0.1, -0.05) is 13.8 Å². The number of ether oxygens (including phenoxy) is 2. The van der Waals surface area contributed by atoms with Crippen LogP contribution in [-0.2, 0) is 14.3 Å². The van der Waals surface area contributed by atoms with Crippen molar-refractivity contribution >= 4 is 12.0 Å². The molecule has 5 fully saturated rings. The van der Waals surface area contributed by atoms with Gasteiger partial charge in [0.2, 0.25) is 0 Å². The zero-order valence-electron chi connectivity index (χ0n) is 21.7. The Labute approximate surface area is 213 Å². The number of aliphatic hydroxyl groups is 2. The number of rotatable bonds is 2. The first-order chi connectivity index (χ1) is 17.2. The van der Waals surface area contributed by atoms with E-state index in [1.54, 1.807) is 6.08 Å². The fourth-order valence-corrected chi connectivity index (χ4v) is 9.55. The Morgan fingerprint density at radius 2 is 1.86 bits per heavy atom. The first kappa shape index (κ1) is 24.7. The fourth-order valence-electron chi connectivity index (χ4n) is 9.55. The Morgan fingerprint density at radius 3 is 2.58 bits per heavy atom. The van der Waals surface area contributed by atoms with Crippen LogP contribution in [0.5, 0.6) is 0 Å². The molecule has 3 N–H and O–H groups in total. The number of fused-ring (bicyclic) bond motifs is 5. The summed E-state index contributed by atoms with van der Waals surface area (Å²) in [6, 6.07) is 0.207. The monoisotopic (exact) mass is 502 g/mol. The van der Waals surface area contributed by atoms with Crippen molar-refractivity contribution in [1.29, 1.82) is 0 Å². The van der Waals surface area contributed by atoms with Gasteiger partial charge in [-0.15, -0.1) is 0 Å². The number of carbonyl (C=O) groups excluding carboxylic acids is 2. The van der Waals surface area contributed by atoms with E-state index < -0.39 is 17.1 Å². The Kier molecular flexibility index (Phi) is 5.97. The number of aliphatic hydroxyl groups excluding tert-OH is 1. The van der Waals surface area contributed by atoms with E-state index >= 15 is 0 Å². The summed E-state index contributed by atoms with van der Waals surface area (Å²) in [6.07, 6.45) is 8.02. The second-order valence-corrected chi connectivity index (χ2v) is 12.9. The summed E-state index contributed by atoms with van der Waals surface area (Å²) in [5.41, 5.74) is -0.625. The first-order valence-corrected chi connectivity index (χ1v) is 14.1. The molecule has 200 valence electrons. The van der Waals surface area contributed by atoms with Gasteiger partial charge in [0.25, 0.3) is 0 Å². The zero-order chi connectivity index (χ0) is 25.3. The van der Waals surface area contributed by atoms with E-state index in [0.717, 1.165) is 44.1 Å². The number of nitrogens with zero attached hydrogens (tertiary/aromatic N) is 1. The molecule has 0 spiro atoms. The van der Waals surface area contributed by atoms with Crippen LogP contribution in [0.2, 0.25) is 0 Å². The number of hydrogen-bond donors (Lipinski definition) is 3. The number of urea groups is 1. The standard InChI is InChI=1S/C28H42N2O6/c1-26-7-5-19(29-25(33)30-9-11-35-12-10-30)14-18(26)3-4-21-22(26)15-23(31)27(2)20(6-8-28(21,27)34)17-13-24(32)36-16-17/h13,18-23,31,34H,3-12,14-16H2,1-2H3,(H,29,33)/t18-,19+,20-,21-,22+,23-,26+,27?,28+/m1/s1. The minimum atomic E-state index is -0.943. The zero-order valence-corrected chi connectivity index (χ0v) is 21.7. The molecule has 4 aliphatic carbocycles. The summed E-state index contributed by atoms with van der Waals surface area (Å²) in [5, 5.41) is 27.3. The first-order valence-electron chi connectivity index (χ1n) is 14.1. The highest BCUT2D eigenvalue weighted by molar-refractivity contribution is 5.85. The van der Waals surface area contributed by atoms with Crippen LogP contribution in [0.15, 0.2) is 11.6 Å². The van der Waals surface area contributed by atoms with Crippen molar-refractivity contribution in [3.8, 4) is 0 Å². The molecule has 0 aromatic rings. The van der Waals surface area contributed by atoms with Gasteiger partial charge in [0.1, 0.15) is 6.61 Å². The molecule has 9 atom stereocenters. The lowest BCUT2D eigenvalue weighted by Crippen LogP contribution is -2.67. The molecule has 0 aromatic heterocycles. The SMILES string of the molecule is CC12[C@H](O)C[C@H]3[C@@H](CC[C@@H]4C[C@@H](NC(=O)N5CCOCC5)CC[C@@]43C)[C@@]1(O)CC[C@@H]2C1=CC(=O)OC1. The lowest BCUT2D eigenvalue weighted by molar-refractivity contribution is -0.242. The van der Waals surface area contributed by atoms with Gasteiger partial charge in [-0.05, 0) is 86.0 Å². The molecular formula is C28H42N2O6. The number of cyclic esters (lactones) is 1. The van der Waals surface area contributed by atoms with Crippen LogP contribution in [0.3, 0.4) is 0 Å². The van der Waals surface area contributed by atoms with Crippen LogP contribution in [0, 0.1) is 34.5 Å². The van der Waals surface area contributed by atoms with E-state index in [1.807, 2.05) is 4.90 Å². The van der Waals surface area contributed by atoms with E-state index in [0.29, 0.717) is 45.1 Å². The summed E-state index contributed by atoms with van der Waals surface area (Å²) in [7, 11) is 0. The molecule has 1 saturated heterocycles. The van der Waals surface area contributed by atoms with Gasteiger partial charge >= 0.3 is 12.0 Å². The third kappa shape index (κ3) is 3.50. The maximum atomic E-state index is 12.8. The van der Waals surface area contributed by atoms with Crippen molar-refractivity contribution in [2.75, 3.05) is 32.9 Å². The summed E-state index contributed by atoms with van der Waals surface area (Å²) in [6.45, 7) is 7.23. The van der Waals surface area contributed by atoms with Gasteiger partial charge in [-0.25, -0.2) is 9.59 Å². The Morgan fingerprint density at radius 1 is 1.08 bits per heavy atom. The molecule has 6 aliphatic rings. The van der Waals surface area contributed by atoms with Gasteiger partial charge in [0.15, 0.2) is 0 Å². The number of hydrogen-bond acceptors (Lipinski definition) is 6. The maximum absolute atomic E-state index is 12.8. The highest BCUT2D eigenvalue weighted by atomic mass is 16.5. The van der Waals surface area contributed by atoms with Crippen LogP contribution in [-0.4, -0.2) is 77.8 Å². The minimum Gasteiger partial charge on any atom is -0.458 e. The average molecular weight is 503 g/mol. The Balaban J connectivity index is 1.19. The molecule has 6 rings (SSSR count). The summed E-state index contributed by atoms with van der Waals surface area (Å²) < 4.78 is 10.6. The molecule has 36 heavy (non-hydrogen) atoms. The highest BCUT2D eigenvalue weighted by Crippen LogP contribution is 2.69. The van der Waals surface area contributed by atoms with E-state index in [4.69, 9.17) is 9.47 Å². The topological polar surface area (TPSA) is 108 Å². The molecule has 8 nitrogen and oxygen atoms in total. The Hall–Kier alpha value is -1.64. The molecular weight excluding hydrogens is 460 g/mol. The van der Waals surface area contributed by atoms with Gasteiger partial charge in [-0.3, -0.25) is 0 Å². The van der Waals surface area contributed by atoms with Gasteiger partial charge < -0.3 is 29.9 Å². The molecule has 2 amide bonds. The van der Waals surface area contributed by atoms with Crippen LogP contribution in [0.4, 0.5) is 4.79 Å². The molecule has 1 unspecified atom stereocenters. The number of carbonyl (C=O) groups is 2. The summed E-state index contributed by atoms with van der Waals surface area (Å²) in [5.74, 6) is 0.548. The molecule has 2 aliphatic heterocycles. The third-order valence-electron chi connectivity index (χ3n) is 11.7. The second kappa shape index (κ2) is 8.70. The molecule has 8 heteroatoms. The van der Waals surface area contributed by atoms with E-state index in [2.05, 4.69) is 19.2 Å². The number of morpholine rings is 1. The minimum absolute atomic E-state index is 0.0263. The predicted molar refractivity (Wildman–Crippen MR) is 132 cm³/mol.